The number of sulfonamides is 1. The number of carbonyl (C=O) groups excluding carboxylic acids is 1. The normalized spacial score (nSPS) is 18.5. The van der Waals surface area contributed by atoms with E-state index < -0.39 is 22.2 Å². The molecule has 258 valence electrons. The number of piperazine rings is 1. The minimum atomic E-state index is -5.08. The summed E-state index contributed by atoms with van der Waals surface area (Å²) in [4.78, 5) is 32.0. The number of hydrogen-bond acceptors (Lipinski definition) is 7. The van der Waals surface area contributed by atoms with Gasteiger partial charge in [0.1, 0.15) is 0 Å². The Morgan fingerprint density at radius 3 is 2.39 bits per heavy atom. The molecule has 4 aromatic rings. The van der Waals surface area contributed by atoms with Crippen LogP contribution in [0.25, 0.3) is 10.9 Å². The van der Waals surface area contributed by atoms with E-state index in [9.17, 15) is 26.4 Å². The first-order valence-electron chi connectivity index (χ1n) is 15.9. The number of carbonyl (C=O) groups is 2. The van der Waals surface area contributed by atoms with E-state index in [-0.39, 0.29) is 11.9 Å². The van der Waals surface area contributed by atoms with E-state index in [2.05, 4.69) is 16.3 Å². The van der Waals surface area contributed by atoms with Gasteiger partial charge >= 0.3 is 12.1 Å². The number of benzene rings is 3. The molecule has 3 aliphatic heterocycles. The van der Waals surface area contributed by atoms with E-state index >= 15 is 0 Å². The highest BCUT2D eigenvalue weighted by Gasteiger charge is 2.39. The minimum absolute atomic E-state index is 0.00489. The van der Waals surface area contributed by atoms with Crippen LogP contribution in [-0.4, -0.2) is 97.0 Å². The SMILES string of the molecule is CN1CCN(S(=O)(=O)c2cccc3c2C(c2cccc4c2C(=O)N(CCc2ccc5ccccc5n2)C4)NCC3)CC1.O=C(O)C(F)(F)F. The average molecular weight is 696 g/mol. The van der Waals surface area contributed by atoms with Crippen LogP contribution in [0.2, 0.25) is 0 Å². The van der Waals surface area contributed by atoms with Crippen LogP contribution in [0.3, 0.4) is 0 Å². The van der Waals surface area contributed by atoms with Crippen molar-refractivity contribution in [3.8, 4) is 0 Å². The Bertz CT molecular complexity index is 2000. The lowest BCUT2D eigenvalue weighted by atomic mass is 9.86. The first kappa shape index (κ1) is 34.5. The van der Waals surface area contributed by atoms with Crippen LogP contribution in [0.4, 0.5) is 13.2 Å². The summed E-state index contributed by atoms with van der Waals surface area (Å²) in [5, 5.41) is 11.8. The Balaban J connectivity index is 0.000000540. The van der Waals surface area contributed by atoms with E-state index in [0.29, 0.717) is 62.7 Å². The number of halogens is 3. The molecular weight excluding hydrogens is 659 g/mol. The highest BCUT2D eigenvalue weighted by Crippen LogP contribution is 2.39. The molecular formula is C35H36F3N5O5S. The summed E-state index contributed by atoms with van der Waals surface area (Å²) < 4.78 is 61.3. The van der Waals surface area contributed by atoms with Crippen molar-refractivity contribution in [2.75, 3.05) is 46.3 Å². The van der Waals surface area contributed by atoms with Gasteiger partial charge in [-0.2, -0.15) is 17.5 Å². The van der Waals surface area contributed by atoms with Crippen LogP contribution >= 0.6 is 0 Å². The lowest BCUT2D eigenvalue weighted by Gasteiger charge is -2.34. The van der Waals surface area contributed by atoms with Crippen LogP contribution in [0, 0.1) is 0 Å². The topological polar surface area (TPSA) is 123 Å². The van der Waals surface area contributed by atoms with E-state index in [1.54, 1.807) is 10.4 Å². The summed E-state index contributed by atoms with van der Waals surface area (Å²) in [6.45, 7) is 4.18. The van der Waals surface area contributed by atoms with Crippen molar-refractivity contribution in [1.29, 1.82) is 0 Å². The molecule has 1 aromatic heterocycles. The third kappa shape index (κ3) is 7.18. The summed E-state index contributed by atoms with van der Waals surface area (Å²) in [5.41, 5.74) is 6.25. The maximum absolute atomic E-state index is 14.0. The summed E-state index contributed by atoms with van der Waals surface area (Å²) >= 11 is 0. The summed E-state index contributed by atoms with van der Waals surface area (Å²) in [7, 11) is -1.68. The van der Waals surface area contributed by atoms with Crippen LogP contribution in [0.15, 0.2) is 77.7 Å². The predicted molar refractivity (Wildman–Crippen MR) is 177 cm³/mol. The first-order chi connectivity index (χ1) is 23.3. The van der Waals surface area contributed by atoms with Crippen molar-refractivity contribution in [3.05, 3.63) is 106 Å². The monoisotopic (exact) mass is 695 g/mol. The van der Waals surface area contributed by atoms with E-state index in [1.165, 1.54) is 0 Å². The lowest BCUT2D eigenvalue weighted by molar-refractivity contribution is -0.192. The predicted octanol–water partition coefficient (Wildman–Crippen LogP) is 4.24. The largest absolute Gasteiger partial charge is 0.490 e. The standard InChI is InChI=1S/C33H35N5O3S.C2HF3O2/c1-36-18-20-38(21-19-36)42(40,41)29-11-5-7-24-14-16-34-32(31(24)29)27-9-4-8-25-22-37(33(39)30(25)27)17-15-26-13-12-23-6-2-3-10-28(23)35-26;3-2(4,5)1(6)7/h2-13,32,34H,14-22H2,1H3;(H,6,7). The molecule has 1 unspecified atom stereocenters. The van der Waals surface area contributed by atoms with Gasteiger partial charge in [0, 0.05) is 68.9 Å². The van der Waals surface area contributed by atoms with E-state index in [4.69, 9.17) is 14.9 Å². The lowest BCUT2D eigenvalue weighted by Crippen LogP contribution is -2.47. The zero-order chi connectivity index (χ0) is 34.9. The van der Waals surface area contributed by atoms with Gasteiger partial charge in [-0.3, -0.25) is 9.78 Å². The molecule has 0 aliphatic carbocycles. The van der Waals surface area contributed by atoms with Gasteiger partial charge in [-0.1, -0.05) is 54.6 Å². The molecule has 1 saturated heterocycles. The number of carboxylic acids is 1. The molecule has 49 heavy (non-hydrogen) atoms. The molecule has 3 aliphatic rings. The number of amides is 1. The minimum Gasteiger partial charge on any atom is -0.475 e. The molecule has 1 amide bonds. The molecule has 0 saturated carbocycles. The van der Waals surface area contributed by atoms with E-state index in [0.717, 1.165) is 45.3 Å². The molecule has 2 N–H and O–H groups in total. The van der Waals surface area contributed by atoms with Crippen molar-refractivity contribution in [2.24, 2.45) is 0 Å². The summed E-state index contributed by atoms with van der Waals surface area (Å²) in [6, 6.07) is 23.4. The first-order valence-corrected chi connectivity index (χ1v) is 17.4. The molecule has 7 rings (SSSR count). The molecule has 3 aromatic carbocycles. The van der Waals surface area contributed by atoms with Gasteiger partial charge in [0.25, 0.3) is 5.91 Å². The number of aliphatic carboxylic acids is 1. The van der Waals surface area contributed by atoms with Crippen LogP contribution < -0.4 is 5.32 Å². The quantitative estimate of drug-likeness (QED) is 0.307. The number of carboxylic acid groups (broad SMARTS) is 1. The zero-order valence-corrected chi connectivity index (χ0v) is 27.6. The smallest absolute Gasteiger partial charge is 0.475 e. The highest BCUT2D eigenvalue weighted by atomic mass is 32.2. The second kappa shape index (κ2) is 13.9. The molecule has 14 heteroatoms. The Labute approximate surface area is 282 Å². The number of hydrogen-bond donors (Lipinski definition) is 2. The molecule has 4 heterocycles. The van der Waals surface area contributed by atoms with Crippen LogP contribution in [0.5, 0.6) is 0 Å². The van der Waals surface area contributed by atoms with Gasteiger partial charge < -0.3 is 20.2 Å². The number of nitrogens with zero attached hydrogens (tertiary/aromatic N) is 4. The van der Waals surface area contributed by atoms with Crippen molar-refractivity contribution in [2.45, 2.75) is 36.5 Å². The van der Waals surface area contributed by atoms with Gasteiger partial charge in [0.15, 0.2) is 0 Å². The van der Waals surface area contributed by atoms with Crippen molar-refractivity contribution >= 4 is 32.8 Å². The molecule has 0 bridgehead atoms. The van der Waals surface area contributed by atoms with Gasteiger partial charge in [0.05, 0.1) is 16.5 Å². The third-order valence-electron chi connectivity index (χ3n) is 9.16. The molecule has 1 atom stereocenters. The van der Waals surface area contributed by atoms with Crippen molar-refractivity contribution in [1.82, 2.24) is 24.4 Å². The fraction of sp³-hybridized carbons (Fsp3) is 0.343. The number of alkyl halides is 3. The maximum atomic E-state index is 14.0. The number of pyridine rings is 1. The van der Waals surface area contributed by atoms with Gasteiger partial charge in [0.2, 0.25) is 10.0 Å². The van der Waals surface area contributed by atoms with Gasteiger partial charge in [-0.05, 0) is 53.9 Å². The zero-order valence-electron chi connectivity index (χ0n) is 26.8. The highest BCUT2D eigenvalue weighted by molar-refractivity contribution is 7.89. The molecule has 1 fully saturated rings. The van der Waals surface area contributed by atoms with Gasteiger partial charge in [-0.15, -0.1) is 0 Å². The number of para-hydroxylation sites is 1. The molecule has 10 nitrogen and oxygen atoms in total. The average Bonchev–Trinajstić information content (AvgIpc) is 3.42. The Hall–Kier alpha value is -4.37. The Morgan fingerprint density at radius 2 is 1.65 bits per heavy atom. The fourth-order valence-electron chi connectivity index (χ4n) is 6.61. The maximum Gasteiger partial charge on any atom is 0.490 e. The number of likely N-dealkylation sites (N-methyl/N-ethyl adjacent to an activating group) is 1. The van der Waals surface area contributed by atoms with Crippen molar-refractivity contribution < 1.29 is 36.3 Å². The van der Waals surface area contributed by atoms with Gasteiger partial charge in [-0.25, -0.2) is 13.2 Å². The number of rotatable bonds is 6. The Kier molecular flexibility index (Phi) is 9.76. The second-order valence-corrected chi connectivity index (χ2v) is 14.2. The van der Waals surface area contributed by atoms with Crippen LogP contribution in [-0.2, 0) is 34.2 Å². The van der Waals surface area contributed by atoms with Crippen LogP contribution in [0.1, 0.15) is 44.3 Å². The molecule has 0 spiro atoms. The summed E-state index contributed by atoms with van der Waals surface area (Å²) in [6.07, 6.45) is -3.68. The number of fused-ring (bicyclic) bond motifs is 3. The second-order valence-electron chi connectivity index (χ2n) is 12.3. The molecule has 0 radical (unpaired) electrons. The number of nitrogens with one attached hydrogen (secondary N) is 1. The Morgan fingerprint density at radius 1 is 0.959 bits per heavy atom. The summed E-state index contributed by atoms with van der Waals surface area (Å²) in [5.74, 6) is -2.76. The third-order valence-corrected chi connectivity index (χ3v) is 11.1. The van der Waals surface area contributed by atoms with Crippen molar-refractivity contribution in [3.63, 3.8) is 0 Å². The van der Waals surface area contributed by atoms with E-state index in [1.807, 2.05) is 72.6 Å². The number of aromatic nitrogens is 1. The fourth-order valence-corrected chi connectivity index (χ4v) is 8.31.